The zero-order valence-electron chi connectivity index (χ0n) is 7.22. The summed E-state index contributed by atoms with van der Waals surface area (Å²) in [6, 6.07) is 0. The molecule has 0 aromatic heterocycles. The first-order valence-electron chi connectivity index (χ1n) is 4.40. The smallest absolute Gasteiger partial charge is 0.384 e. The fourth-order valence-corrected chi connectivity index (χ4v) is 1.52. The van der Waals surface area contributed by atoms with Gasteiger partial charge in [-0.3, -0.25) is 0 Å². The second kappa shape index (κ2) is 4.13. The first-order chi connectivity index (χ1) is 6.00. The van der Waals surface area contributed by atoms with Gasteiger partial charge in [-0.2, -0.15) is 13.2 Å². The normalized spacial score (nSPS) is 26.0. The van der Waals surface area contributed by atoms with E-state index in [0.717, 1.165) is 12.8 Å². The first-order valence-corrected chi connectivity index (χ1v) is 4.40. The number of allylic oxidation sites excluding steroid dienone is 2. The molecular formula is C9H13F3O. The van der Waals surface area contributed by atoms with Gasteiger partial charge in [-0.25, -0.2) is 0 Å². The molecule has 0 amide bonds. The molecule has 13 heavy (non-hydrogen) atoms. The molecule has 0 fully saturated rings. The van der Waals surface area contributed by atoms with Crippen LogP contribution in [0.1, 0.15) is 25.7 Å². The summed E-state index contributed by atoms with van der Waals surface area (Å²) in [5, 5.41) is 8.79. The van der Waals surface area contributed by atoms with Gasteiger partial charge in [0.05, 0.1) is 0 Å². The predicted octanol–water partition coefficient (Wildman–Crippen LogP) is 2.66. The van der Waals surface area contributed by atoms with Crippen LogP contribution in [0.2, 0.25) is 0 Å². The third kappa shape index (κ3) is 3.38. The van der Waals surface area contributed by atoms with E-state index in [2.05, 4.69) is 0 Å². The molecule has 2 unspecified atom stereocenters. The summed E-state index contributed by atoms with van der Waals surface area (Å²) >= 11 is 0. The van der Waals surface area contributed by atoms with Crippen LogP contribution in [0.5, 0.6) is 0 Å². The first kappa shape index (κ1) is 10.6. The highest BCUT2D eigenvalue weighted by atomic mass is 19.4. The number of hydrogen-bond acceptors (Lipinski definition) is 1. The molecule has 0 saturated heterocycles. The number of aliphatic hydroxyl groups is 1. The fourth-order valence-electron chi connectivity index (χ4n) is 1.52. The number of alkyl halides is 3. The van der Waals surface area contributed by atoms with E-state index in [4.69, 9.17) is 5.11 Å². The summed E-state index contributed by atoms with van der Waals surface area (Å²) in [6.07, 6.45) is -0.668. The van der Waals surface area contributed by atoms with E-state index >= 15 is 0 Å². The minimum absolute atomic E-state index is 0.0124. The minimum atomic E-state index is -4.46. The highest BCUT2D eigenvalue weighted by Crippen LogP contribution is 2.29. The van der Waals surface area contributed by atoms with Crippen LogP contribution in [0.3, 0.4) is 0 Å². The predicted molar refractivity (Wildman–Crippen MR) is 43.2 cm³/mol. The van der Waals surface area contributed by atoms with Crippen molar-refractivity contribution in [1.29, 1.82) is 0 Å². The maximum absolute atomic E-state index is 11.9. The number of hydrogen-bond donors (Lipinski definition) is 1. The average Bonchev–Trinajstić information content (AvgIpc) is 2.04. The van der Waals surface area contributed by atoms with Crippen molar-refractivity contribution in [2.45, 2.75) is 38.0 Å². The average molecular weight is 194 g/mol. The summed E-state index contributed by atoms with van der Waals surface area (Å²) in [5.74, 6) is -0.0124. The van der Waals surface area contributed by atoms with E-state index in [9.17, 15) is 13.2 Å². The fraction of sp³-hybridized carbons (Fsp3) is 0.778. The number of halogens is 3. The molecule has 0 bridgehead atoms. The summed E-state index contributed by atoms with van der Waals surface area (Å²) in [7, 11) is 0. The van der Waals surface area contributed by atoms with E-state index in [-0.39, 0.29) is 12.3 Å². The molecule has 76 valence electrons. The second-order valence-corrected chi connectivity index (χ2v) is 3.44. The van der Waals surface area contributed by atoms with Crippen LogP contribution in [-0.4, -0.2) is 17.4 Å². The van der Waals surface area contributed by atoms with Gasteiger partial charge in [0.1, 0.15) is 6.10 Å². The molecule has 0 aromatic rings. The van der Waals surface area contributed by atoms with E-state index < -0.39 is 12.3 Å². The summed E-state index contributed by atoms with van der Waals surface area (Å²) in [4.78, 5) is 0. The lowest BCUT2D eigenvalue weighted by Crippen LogP contribution is -2.30. The van der Waals surface area contributed by atoms with Crippen LogP contribution in [0.25, 0.3) is 0 Å². The lowest BCUT2D eigenvalue weighted by Gasteiger charge is -2.22. The summed E-state index contributed by atoms with van der Waals surface area (Å²) in [5.41, 5.74) is 0. The van der Waals surface area contributed by atoms with Crippen molar-refractivity contribution < 1.29 is 18.3 Å². The molecule has 0 aliphatic heterocycles. The molecule has 2 atom stereocenters. The van der Waals surface area contributed by atoms with Crippen LogP contribution in [0.15, 0.2) is 12.2 Å². The topological polar surface area (TPSA) is 20.2 Å². The molecule has 1 nitrogen and oxygen atoms in total. The van der Waals surface area contributed by atoms with Crippen LogP contribution in [-0.2, 0) is 0 Å². The largest absolute Gasteiger partial charge is 0.414 e. The molecule has 1 aliphatic carbocycles. The highest BCUT2D eigenvalue weighted by molar-refractivity contribution is 4.91. The summed E-state index contributed by atoms with van der Waals surface area (Å²) in [6.45, 7) is 0. The molecule has 1 N–H and O–H groups in total. The maximum atomic E-state index is 11.9. The van der Waals surface area contributed by atoms with Gasteiger partial charge in [0, 0.05) is 0 Å². The monoisotopic (exact) mass is 194 g/mol. The SMILES string of the molecule is OC(CC1CC=CCC1)C(F)(F)F. The van der Waals surface area contributed by atoms with Gasteiger partial charge in [-0.05, 0) is 31.6 Å². The van der Waals surface area contributed by atoms with Gasteiger partial charge < -0.3 is 5.11 Å². The Labute approximate surface area is 75.3 Å². The van der Waals surface area contributed by atoms with Crippen molar-refractivity contribution in [2.24, 2.45) is 5.92 Å². The van der Waals surface area contributed by atoms with Crippen molar-refractivity contribution in [3.05, 3.63) is 12.2 Å². The molecular weight excluding hydrogens is 181 g/mol. The van der Waals surface area contributed by atoms with E-state index in [1.807, 2.05) is 12.2 Å². The number of rotatable bonds is 2. The Hall–Kier alpha value is -0.510. The Morgan fingerprint density at radius 1 is 1.38 bits per heavy atom. The van der Waals surface area contributed by atoms with Crippen molar-refractivity contribution in [3.8, 4) is 0 Å². The maximum Gasteiger partial charge on any atom is 0.414 e. The lowest BCUT2D eigenvalue weighted by molar-refractivity contribution is -0.208. The Morgan fingerprint density at radius 2 is 2.08 bits per heavy atom. The Kier molecular flexibility index (Phi) is 3.36. The van der Waals surface area contributed by atoms with Gasteiger partial charge in [0.15, 0.2) is 0 Å². The lowest BCUT2D eigenvalue weighted by atomic mass is 9.89. The van der Waals surface area contributed by atoms with E-state index in [1.165, 1.54) is 0 Å². The zero-order valence-corrected chi connectivity index (χ0v) is 7.22. The van der Waals surface area contributed by atoms with Crippen molar-refractivity contribution in [1.82, 2.24) is 0 Å². The van der Waals surface area contributed by atoms with Gasteiger partial charge in [0.25, 0.3) is 0 Å². The summed E-state index contributed by atoms with van der Waals surface area (Å²) < 4.78 is 35.8. The highest BCUT2D eigenvalue weighted by Gasteiger charge is 2.39. The van der Waals surface area contributed by atoms with Crippen molar-refractivity contribution in [3.63, 3.8) is 0 Å². The number of aliphatic hydroxyl groups excluding tert-OH is 1. The van der Waals surface area contributed by atoms with Gasteiger partial charge in [-0.1, -0.05) is 12.2 Å². The Balaban J connectivity index is 2.35. The Bertz CT molecular complexity index is 186. The van der Waals surface area contributed by atoms with Crippen molar-refractivity contribution >= 4 is 0 Å². The zero-order chi connectivity index (χ0) is 9.90. The van der Waals surface area contributed by atoms with Crippen molar-refractivity contribution in [2.75, 3.05) is 0 Å². The molecule has 4 heteroatoms. The van der Waals surface area contributed by atoms with Gasteiger partial charge >= 0.3 is 6.18 Å². The molecule has 1 rings (SSSR count). The molecule has 0 heterocycles. The van der Waals surface area contributed by atoms with Crippen LogP contribution < -0.4 is 0 Å². The standard InChI is InChI=1S/C9H13F3O/c10-9(11,12)8(13)6-7-4-2-1-3-5-7/h1-2,7-8,13H,3-6H2. The van der Waals surface area contributed by atoms with Gasteiger partial charge in [-0.15, -0.1) is 0 Å². The molecule has 0 radical (unpaired) electrons. The third-order valence-electron chi connectivity index (χ3n) is 2.31. The van der Waals surface area contributed by atoms with Crippen LogP contribution >= 0.6 is 0 Å². The van der Waals surface area contributed by atoms with E-state index in [1.54, 1.807) is 0 Å². The Morgan fingerprint density at radius 3 is 2.54 bits per heavy atom. The van der Waals surface area contributed by atoms with Gasteiger partial charge in [0.2, 0.25) is 0 Å². The minimum Gasteiger partial charge on any atom is -0.384 e. The van der Waals surface area contributed by atoms with Crippen LogP contribution in [0, 0.1) is 5.92 Å². The second-order valence-electron chi connectivity index (χ2n) is 3.44. The van der Waals surface area contributed by atoms with E-state index in [0.29, 0.717) is 6.42 Å². The molecule has 0 saturated carbocycles. The molecule has 1 aliphatic rings. The van der Waals surface area contributed by atoms with Crippen LogP contribution in [0.4, 0.5) is 13.2 Å². The molecule has 0 spiro atoms. The third-order valence-corrected chi connectivity index (χ3v) is 2.31. The molecule has 0 aromatic carbocycles. The quantitative estimate of drug-likeness (QED) is 0.670.